The van der Waals surface area contributed by atoms with E-state index in [1.54, 1.807) is 18.2 Å². The minimum Gasteiger partial charge on any atom is -0.490 e. The van der Waals surface area contributed by atoms with Crippen molar-refractivity contribution in [2.45, 2.75) is 26.9 Å². The molecule has 0 unspecified atom stereocenters. The second-order valence-electron chi connectivity index (χ2n) is 3.35. The molecule has 0 bridgehead atoms. The van der Waals surface area contributed by atoms with Gasteiger partial charge in [0.2, 0.25) is 0 Å². The first kappa shape index (κ1) is 12.0. The van der Waals surface area contributed by atoms with Gasteiger partial charge >= 0.3 is 5.97 Å². The second-order valence-corrected chi connectivity index (χ2v) is 4.21. The van der Waals surface area contributed by atoms with Gasteiger partial charge in [0.05, 0.1) is 10.6 Å². The summed E-state index contributed by atoms with van der Waals surface area (Å²) in [5.74, 6) is 0.908. The maximum absolute atomic E-state index is 10.7. The molecular formula is C11H13BrO3. The summed E-state index contributed by atoms with van der Waals surface area (Å²) < 4.78 is 11.2. The first-order chi connectivity index (χ1) is 6.99. The zero-order chi connectivity index (χ0) is 11.4. The van der Waals surface area contributed by atoms with Crippen LogP contribution in [0.5, 0.6) is 11.5 Å². The van der Waals surface area contributed by atoms with Crippen LogP contribution in [0.2, 0.25) is 0 Å². The molecule has 0 saturated heterocycles. The highest BCUT2D eigenvalue weighted by Crippen LogP contribution is 2.29. The molecule has 4 heteroatoms. The van der Waals surface area contributed by atoms with Crippen molar-refractivity contribution in [1.29, 1.82) is 0 Å². The van der Waals surface area contributed by atoms with Gasteiger partial charge in [0.1, 0.15) is 11.5 Å². The Morgan fingerprint density at radius 3 is 2.53 bits per heavy atom. The largest absolute Gasteiger partial charge is 0.490 e. The Morgan fingerprint density at radius 2 is 2.07 bits per heavy atom. The van der Waals surface area contributed by atoms with Crippen LogP contribution in [0.3, 0.4) is 0 Å². The molecule has 3 nitrogen and oxygen atoms in total. The van der Waals surface area contributed by atoms with Gasteiger partial charge in [0, 0.05) is 6.92 Å². The van der Waals surface area contributed by atoms with E-state index in [1.165, 1.54) is 6.92 Å². The predicted molar refractivity (Wildman–Crippen MR) is 61.2 cm³/mol. The maximum Gasteiger partial charge on any atom is 0.308 e. The Kier molecular flexibility index (Phi) is 4.15. The second kappa shape index (κ2) is 5.16. The van der Waals surface area contributed by atoms with Gasteiger partial charge in [-0.25, -0.2) is 0 Å². The van der Waals surface area contributed by atoms with Gasteiger partial charge in [-0.05, 0) is 48.0 Å². The zero-order valence-corrected chi connectivity index (χ0v) is 10.5. The summed E-state index contributed by atoms with van der Waals surface area (Å²) in [7, 11) is 0. The van der Waals surface area contributed by atoms with Gasteiger partial charge in [-0.3, -0.25) is 4.79 Å². The van der Waals surface area contributed by atoms with Crippen molar-refractivity contribution < 1.29 is 14.3 Å². The van der Waals surface area contributed by atoms with E-state index >= 15 is 0 Å². The molecule has 0 aromatic heterocycles. The lowest BCUT2D eigenvalue weighted by molar-refractivity contribution is -0.131. The summed E-state index contributed by atoms with van der Waals surface area (Å²) in [6.07, 6.45) is 0.112. The molecule has 0 amide bonds. The van der Waals surface area contributed by atoms with E-state index in [1.807, 2.05) is 13.8 Å². The van der Waals surface area contributed by atoms with Gasteiger partial charge in [-0.2, -0.15) is 0 Å². The summed E-state index contributed by atoms with van der Waals surface area (Å²) in [4.78, 5) is 10.7. The van der Waals surface area contributed by atoms with Crippen molar-refractivity contribution in [3.63, 3.8) is 0 Å². The molecule has 1 aromatic rings. The van der Waals surface area contributed by atoms with E-state index < -0.39 is 0 Å². The van der Waals surface area contributed by atoms with Crippen LogP contribution in [0, 0.1) is 0 Å². The lowest BCUT2D eigenvalue weighted by atomic mass is 10.3. The lowest BCUT2D eigenvalue weighted by Gasteiger charge is -2.12. The molecule has 1 aromatic carbocycles. The Balaban J connectivity index is 2.83. The normalized spacial score (nSPS) is 10.2. The number of esters is 1. The molecule has 0 saturated carbocycles. The van der Waals surface area contributed by atoms with Crippen LogP contribution in [0.25, 0.3) is 0 Å². The Bertz CT molecular complexity index is 361. The molecule has 0 aliphatic heterocycles. The number of hydrogen-bond acceptors (Lipinski definition) is 3. The van der Waals surface area contributed by atoms with E-state index in [-0.39, 0.29) is 12.1 Å². The van der Waals surface area contributed by atoms with Crippen molar-refractivity contribution in [2.24, 2.45) is 0 Å². The number of rotatable bonds is 3. The molecular weight excluding hydrogens is 260 g/mol. The number of halogens is 1. The maximum atomic E-state index is 10.7. The average Bonchev–Trinajstić information content (AvgIpc) is 2.08. The Morgan fingerprint density at radius 1 is 1.40 bits per heavy atom. The molecule has 0 atom stereocenters. The van der Waals surface area contributed by atoms with E-state index in [9.17, 15) is 4.79 Å². The summed E-state index contributed by atoms with van der Waals surface area (Å²) in [6, 6.07) is 5.17. The van der Waals surface area contributed by atoms with E-state index in [2.05, 4.69) is 15.9 Å². The standard InChI is InChI=1S/C11H13BrO3/c1-7(2)14-11-5-4-9(6-10(11)12)15-8(3)13/h4-7H,1-3H3. The highest BCUT2D eigenvalue weighted by molar-refractivity contribution is 9.10. The molecule has 0 N–H and O–H groups in total. The molecule has 0 aliphatic carbocycles. The van der Waals surface area contributed by atoms with Gasteiger partial charge in [-0.1, -0.05) is 0 Å². The van der Waals surface area contributed by atoms with Gasteiger partial charge < -0.3 is 9.47 Å². The average molecular weight is 273 g/mol. The molecule has 0 fully saturated rings. The number of ether oxygens (including phenoxy) is 2. The monoisotopic (exact) mass is 272 g/mol. The Hall–Kier alpha value is -1.03. The third-order valence-electron chi connectivity index (χ3n) is 1.53. The summed E-state index contributed by atoms with van der Waals surface area (Å²) in [5, 5.41) is 0. The van der Waals surface area contributed by atoms with Gasteiger partial charge in [0.25, 0.3) is 0 Å². The van der Waals surface area contributed by atoms with Crippen molar-refractivity contribution in [3.05, 3.63) is 22.7 Å². The quantitative estimate of drug-likeness (QED) is 0.626. The van der Waals surface area contributed by atoms with Crippen LogP contribution in [0.15, 0.2) is 22.7 Å². The minimum atomic E-state index is -0.334. The fourth-order valence-electron chi connectivity index (χ4n) is 1.06. The third kappa shape index (κ3) is 3.91. The highest BCUT2D eigenvalue weighted by atomic mass is 79.9. The SMILES string of the molecule is CC(=O)Oc1ccc(OC(C)C)c(Br)c1. The smallest absolute Gasteiger partial charge is 0.308 e. The van der Waals surface area contributed by atoms with E-state index in [4.69, 9.17) is 9.47 Å². The molecule has 15 heavy (non-hydrogen) atoms. The molecule has 0 heterocycles. The number of carbonyl (C=O) groups excluding carboxylic acids is 1. The van der Waals surface area contributed by atoms with Crippen molar-refractivity contribution in [1.82, 2.24) is 0 Å². The van der Waals surface area contributed by atoms with Crippen LogP contribution in [0.1, 0.15) is 20.8 Å². The van der Waals surface area contributed by atoms with Crippen molar-refractivity contribution >= 4 is 21.9 Å². The number of benzene rings is 1. The number of hydrogen-bond donors (Lipinski definition) is 0. The fraction of sp³-hybridized carbons (Fsp3) is 0.364. The van der Waals surface area contributed by atoms with Gasteiger partial charge in [-0.15, -0.1) is 0 Å². The number of carbonyl (C=O) groups is 1. The van der Waals surface area contributed by atoms with Crippen LogP contribution < -0.4 is 9.47 Å². The van der Waals surface area contributed by atoms with E-state index in [0.717, 1.165) is 10.2 Å². The summed E-state index contributed by atoms with van der Waals surface area (Å²) in [5.41, 5.74) is 0. The van der Waals surface area contributed by atoms with Gasteiger partial charge in [0.15, 0.2) is 0 Å². The first-order valence-electron chi connectivity index (χ1n) is 4.63. The molecule has 0 aliphatic rings. The molecule has 0 radical (unpaired) electrons. The van der Waals surface area contributed by atoms with Crippen molar-refractivity contribution in [3.8, 4) is 11.5 Å². The lowest BCUT2D eigenvalue weighted by Crippen LogP contribution is -2.06. The molecule has 82 valence electrons. The summed E-state index contributed by atoms with van der Waals surface area (Å²) >= 11 is 3.35. The Labute approximate surface area is 97.5 Å². The third-order valence-corrected chi connectivity index (χ3v) is 2.15. The van der Waals surface area contributed by atoms with Crippen molar-refractivity contribution in [2.75, 3.05) is 0 Å². The van der Waals surface area contributed by atoms with Crippen LogP contribution in [-0.2, 0) is 4.79 Å². The fourth-order valence-corrected chi connectivity index (χ4v) is 1.51. The van der Waals surface area contributed by atoms with Crippen LogP contribution in [0.4, 0.5) is 0 Å². The van der Waals surface area contributed by atoms with E-state index in [0.29, 0.717) is 5.75 Å². The predicted octanol–water partition coefficient (Wildman–Crippen LogP) is 3.16. The first-order valence-corrected chi connectivity index (χ1v) is 5.43. The van der Waals surface area contributed by atoms with Crippen LogP contribution in [-0.4, -0.2) is 12.1 Å². The molecule has 1 rings (SSSR count). The topological polar surface area (TPSA) is 35.5 Å². The minimum absolute atomic E-state index is 0.112. The highest BCUT2D eigenvalue weighted by Gasteiger charge is 2.06. The van der Waals surface area contributed by atoms with Crippen LogP contribution >= 0.6 is 15.9 Å². The molecule has 0 spiro atoms. The zero-order valence-electron chi connectivity index (χ0n) is 8.91. The summed E-state index contributed by atoms with van der Waals surface area (Å²) in [6.45, 7) is 5.27.